The molecule has 1 aliphatic heterocycles. The van der Waals surface area contributed by atoms with Crippen molar-refractivity contribution < 1.29 is 23.8 Å². The van der Waals surface area contributed by atoms with E-state index in [0.29, 0.717) is 5.75 Å². The molecular weight excluding hydrogens is 243 g/mol. The van der Waals surface area contributed by atoms with Gasteiger partial charge in [-0.1, -0.05) is 0 Å². The highest BCUT2D eigenvalue weighted by molar-refractivity contribution is 6.00. The van der Waals surface area contributed by atoms with Gasteiger partial charge in [0.2, 0.25) is 0 Å². The number of carboxylic acid groups (broad SMARTS) is 1. The quantitative estimate of drug-likeness (QED) is 0.777. The van der Waals surface area contributed by atoms with Gasteiger partial charge in [-0.05, 0) is 12.1 Å². The Bertz CT molecular complexity index is 506. The molecule has 2 rings (SSSR count). The number of hydrogen-bond acceptors (Lipinski definition) is 3. The zero-order valence-corrected chi connectivity index (χ0v) is 9.51. The summed E-state index contributed by atoms with van der Waals surface area (Å²) in [5.74, 6) is -0.662. The molecule has 1 heterocycles. The van der Waals surface area contributed by atoms with Crippen molar-refractivity contribution in [3.05, 3.63) is 24.0 Å². The summed E-state index contributed by atoms with van der Waals surface area (Å²) in [7, 11) is 1.44. The average molecular weight is 254 g/mol. The van der Waals surface area contributed by atoms with Crippen LogP contribution in [-0.2, 0) is 4.79 Å². The number of rotatable bonds is 1. The summed E-state index contributed by atoms with van der Waals surface area (Å²) >= 11 is 0. The Morgan fingerprint density at radius 3 is 3.00 bits per heavy atom. The second-order valence-corrected chi connectivity index (χ2v) is 3.82. The molecule has 1 aromatic rings. The fourth-order valence-electron chi connectivity index (χ4n) is 1.72. The van der Waals surface area contributed by atoms with Crippen LogP contribution in [0.3, 0.4) is 0 Å². The predicted molar refractivity (Wildman–Crippen MR) is 60.3 cm³/mol. The molecule has 96 valence electrons. The van der Waals surface area contributed by atoms with E-state index in [1.807, 2.05) is 0 Å². The van der Waals surface area contributed by atoms with Crippen molar-refractivity contribution in [2.24, 2.45) is 0 Å². The van der Waals surface area contributed by atoms with E-state index < -0.39 is 23.9 Å². The highest BCUT2D eigenvalue weighted by atomic mass is 19.1. The Hall–Kier alpha value is -2.31. The first-order valence-corrected chi connectivity index (χ1v) is 5.18. The van der Waals surface area contributed by atoms with Crippen molar-refractivity contribution >= 4 is 17.7 Å². The van der Waals surface area contributed by atoms with Gasteiger partial charge in [0.1, 0.15) is 24.2 Å². The first-order chi connectivity index (χ1) is 8.49. The van der Waals surface area contributed by atoms with Crippen LogP contribution in [0.2, 0.25) is 0 Å². The zero-order chi connectivity index (χ0) is 13.3. The van der Waals surface area contributed by atoms with Gasteiger partial charge in [0, 0.05) is 13.1 Å². The smallest absolute Gasteiger partial charge is 0.405 e. The molecule has 1 atom stereocenters. The van der Waals surface area contributed by atoms with E-state index in [2.05, 4.69) is 5.32 Å². The topological polar surface area (TPSA) is 78.9 Å². The molecular formula is C11H11FN2O4. The number of ether oxygens (including phenoxy) is 1. The van der Waals surface area contributed by atoms with Gasteiger partial charge < -0.3 is 20.1 Å². The van der Waals surface area contributed by atoms with Crippen molar-refractivity contribution in [2.75, 3.05) is 18.6 Å². The maximum absolute atomic E-state index is 13.1. The molecule has 0 saturated heterocycles. The molecule has 0 bridgehead atoms. The molecule has 2 amide bonds. The molecule has 0 aliphatic carbocycles. The Kier molecular flexibility index (Phi) is 3.05. The summed E-state index contributed by atoms with van der Waals surface area (Å²) in [6, 6.07) is 2.76. The molecule has 0 saturated carbocycles. The minimum absolute atomic E-state index is 0.131. The number of benzene rings is 1. The first-order valence-electron chi connectivity index (χ1n) is 5.18. The van der Waals surface area contributed by atoms with E-state index in [1.165, 1.54) is 24.1 Å². The number of anilines is 1. The van der Waals surface area contributed by atoms with Gasteiger partial charge in [-0.15, -0.1) is 0 Å². The van der Waals surface area contributed by atoms with Crippen LogP contribution < -0.4 is 15.0 Å². The number of amides is 2. The van der Waals surface area contributed by atoms with Crippen LogP contribution >= 0.6 is 0 Å². The summed E-state index contributed by atoms with van der Waals surface area (Å²) in [6.07, 6.45) is -1.32. The lowest BCUT2D eigenvalue weighted by molar-refractivity contribution is -0.120. The molecule has 0 radical (unpaired) electrons. The molecule has 6 nitrogen and oxygen atoms in total. The summed E-state index contributed by atoms with van der Waals surface area (Å²) in [5, 5.41) is 10.7. The SMILES string of the molecule is CN1C(=O)C(NC(=O)O)COc2ccc(F)cc21. The van der Waals surface area contributed by atoms with Crippen LogP contribution in [0.25, 0.3) is 0 Å². The molecule has 0 spiro atoms. The van der Waals surface area contributed by atoms with Crippen LogP contribution in [0.5, 0.6) is 5.75 Å². The minimum atomic E-state index is -1.32. The van der Waals surface area contributed by atoms with Crippen molar-refractivity contribution in [1.29, 1.82) is 0 Å². The number of hydrogen-bond donors (Lipinski definition) is 2. The third-order valence-corrected chi connectivity index (χ3v) is 2.61. The normalized spacial score (nSPS) is 18.7. The highest BCUT2D eigenvalue weighted by Crippen LogP contribution is 2.31. The van der Waals surface area contributed by atoms with Crippen molar-refractivity contribution in [3.8, 4) is 5.75 Å². The molecule has 2 N–H and O–H groups in total. The van der Waals surface area contributed by atoms with Gasteiger partial charge in [-0.2, -0.15) is 0 Å². The Morgan fingerprint density at radius 1 is 1.61 bits per heavy atom. The van der Waals surface area contributed by atoms with Gasteiger partial charge in [0.25, 0.3) is 5.91 Å². The Balaban J connectivity index is 2.33. The van der Waals surface area contributed by atoms with Gasteiger partial charge in [0.05, 0.1) is 5.69 Å². The fourth-order valence-corrected chi connectivity index (χ4v) is 1.72. The second-order valence-electron chi connectivity index (χ2n) is 3.82. The third kappa shape index (κ3) is 2.20. The maximum atomic E-state index is 13.1. The monoisotopic (exact) mass is 254 g/mol. The number of nitrogens with zero attached hydrogens (tertiary/aromatic N) is 1. The van der Waals surface area contributed by atoms with E-state index in [1.54, 1.807) is 0 Å². The molecule has 1 unspecified atom stereocenters. The van der Waals surface area contributed by atoms with Crippen LogP contribution in [0, 0.1) is 5.82 Å². The lowest BCUT2D eigenvalue weighted by atomic mass is 10.2. The van der Waals surface area contributed by atoms with Crippen molar-refractivity contribution in [3.63, 3.8) is 0 Å². The first kappa shape index (κ1) is 12.2. The zero-order valence-electron chi connectivity index (χ0n) is 9.51. The Morgan fingerprint density at radius 2 is 2.33 bits per heavy atom. The van der Waals surface area contributed by atoms with Gasteiger partial charge in [0.15, 0.2) is 0 Å². The summed E-state index contributed by atoms with van der Waals surface area (Å²) in [6.45, 7) is -0.131. The van der Waals surface area contributed by atoms with E-state index >= 15 is 0 Å². The third-order valence-electron chi connectivity index (χ3n) is 2.61. The standard InChI is InChI=1S/C11H11FN2O4/c1-14-8-4-6(12)2-3-9(8)18-5-7(10(14)15)13-11(16)17/h2-4,7,13H,5H2,1H3,(H,16,17). The lowest BCUT2D eigenvalue weighted by Crippen LogP contribution is -2.48. The number of carbonyl (C=O) groups excluding carboxylic acids is 1. The summed E-state index contributed by atoms with van der Waals surface area (Å²) in [4.78, 5) is 23.7. The Labute approximate surface area is 102 Å². The van der Waals surface area contributed by atoms with E-state index in [9.17, 15) is 14.0 Å². The number of likely N-dealkylation sites (N-methyl/N-ethyl adjacent to an activating group) is 1. The number of carbonyl (C=O) groups is 2. The van der Waals surface area contributed by atoms with Crippen LogP contribution in [-0.4, -0.2) is 36.8 Å². The molecule has 18 heavy (non-hydrogen) atoms. The largest absolute Gasteiger partial charge is 0.489 e. The molecule has 1 aliphatic rings. The maximum Gasteiger partial charge on any atom is 0.405 e. The molecule has 0 fully saturated rings. The van der Waals surface area contributed by atoms with Crippen molar-refractivity contribution in [1.82, 2.24) is 5.32 Å². The van der Waals surface area contributed by atoms with E-state index in [-0.39, 0.29) is 12.3 Å². The number of halogens is 1. The van der Waals surface area contributed by atoms with E-state index in [0.717, 1.165) is 6.07 Å². The second kappa shape index (κ2) is 4.52. The minimum Gasteiger partial charge on any atom is -0.489 e. The van der Waals surface area contributed by atoms with Crippen LogP contribution in [0.4, 0.5) is 14.9 Å². The molecule has 7 heteroatoms. The van der Waals surface area contributed by atoms with Gasteiger partial charge in [-0.25, -0.2) is 9.18 Å². The average Bonchev–Trinajstić information content (AvgIpc) is 2.42. The van der Waals surface area contributed by atoms with Crippen LogP contribution in [0.1, 0.15) is 0 Å². The highest BCUT2D eigenvalue weighted by Gasteiger charge is 2.30. The number of fused-ring (bicyclic) bond motifs is 1. The molecule has 1 aromatic carbocycles. The fraction of sp³-hybridized carbons (Fsp3) is 0.273. The summed E-state index contributed by atoms with van der Waals surface area (Å²) < 4.78 is 18.4. The molecule has 0 aromatic heterocycles. The van der Waals surface area contributed by atoms with Crippen molar-refractivity contribution in [2.45, 2.75) is 6.04 Å². The lowest BCUT2D eigenvalue weighted by Gasteiger charge is -2.19. The summed E-state index contributed by atoms with van der Waals surface area (Å²) in [5.41, 5.74) is 0.273. The van der Waals surface area contributed by atoms with Gasteiger partial charge >= 0.3 is 6.09 Å². The predicted octanol–water partition coefficient (Wildman–Crippen LogP) is 0.817. The number of nitrogens with one attached hydrogen (secondary N) is 1. The van der Waals surface area contributed by atoms with Gasteiger partial charge in [-0.3, -0.25) is 4.79 Å². The van der Waals surface area contributed by atoms with E-state index in [4.69, 9.17) is 9.84 Å². The van der Waals surface area contributed by atoms with Crippen LogP contribution in [0.15, 0.2) is 18.2 Å².